The quantitative estimate of drug-likeness (QED) is 0.147. The lowest BCUT2D eigenvalue weighted by molar-refractivity contribution is -0.199. The van der Waals surface area contributed by atoms with Crippen LogP contribution in [0.5, 0.6) is 0 Å². The number of thiocarbonyl (C=S) groups is 1. The molecule has 4 aliphatic rings. The SMILES string of the molecule is CC(C)C[C@H](NC(=O)[C@H](CNC(=O)C(=S)C#N)NC(=O)[C@@H](NC(=O)C(C)C)[C@@H](C)O)B1O[C@@H]2C[C@@H]3C[C@@H](C3(C)C)[C@]2(C)O1. The lowest BCUT2D eigenvalue weighted by Crippen LogP contribution is -2.65. The Morgan fingerprint density at radius 3 is 2.21 bits per heavy atom. The van der Waals surface area contributed by atoms with E-state index in [-0.39, 0.29) is 17.4 Å². The molecule has 3 aliphatic carbocycles. The first-order valence-corrected chi connectivity index (χ1v) is 15.5. The van der Waals surface area contributed by atoms with E-state index in [2.05, 4.69) is 42.0 Å². The van der Waals surface area contributed by atoms with E-state index in [9.17, 15) is 24.3 Å². The summed E-state index contributed by atoms with van der Waals surface area (Å²) < 4.78 is 13.1. The third-order valence-electron chi connectivity index (χ3n) is 9.34. The molecule has 1 heterocycles. The molecule has 0 unspecified atom stereocenters. The Bertz CT molecular complexity index is 1160. The van der Waals surface area contributed by atoms with Gasteiger partial charge in [-0.2, -0.15) is 5.26 Å². The van der Waals surface area contributed by atoms with Gasteiger partial charge in [0.2, 0.25) is 17.7 Å². The summed E-state index contributed by atoms with van der Waals surface area (Å²) >= 11 is 4.74. The molecule has 4 fully saturated rings. The van der Waals surface area contributed by atoms with Crippen LogP contribution in [0.15, 0.2) is 0 Å². The summed E-state index contributed by atoms with van der Waals surface area (Å²) in [6.07, 6.45) is 1.10. The molecule has 0 spiro atoms. The zero-order valence-electron chi connectivity index (χ0n) is 26.4. The van der Waals surface area contributed by atoms with Gasteiger partial charge in [-0.15, -0.1) is 0 Å². The second-order valence-corrected chi connectivity index (χ2v) is 14.1. The van der Waals surface area contributed by atoms with Crippen LogP contribution >= 0.6 is 12.2 Å². The maximum absolute atomic E-state index is 13.7. The first kappa shape index (κ1) is 34.9. The molecule has 8 atom stereocenters. The van der Waals surface area contributed by atoms with Gasteiger partial charge >= 0.3 is 7.12 Å². The molecule has 1 saturated heterocycles. The zero-order valence-corrected chi connectivity index (χ0v) is 27.2. The summed E-state index contributed by atoms with van der Waals surface area (Å²) in [7, 11) is -0.718. The van der Waals surface area contributed by atoms with E-state index in [1.807, 2.05) is 13.8 Å². The maximum Gasteiger partial charge on any atom is 0.481 e. The van der Waals surface area contributed by atoms with Crippen molar-refractivity contribution in [1.82, 2.24) is 21.3 Å². The van der Waals surface area contributed by atoms with Crippen molar-refractivity contribution in [3.8, 4) is 6.07 Å². The van der Waals surface area contributed by atoms with Gasteiger partial charge in [0.25, 0.3) is 5.91 Å². The summed E-state index contributed by atoms with van der Waals surface area (Å²) in [5.74, 6) is -2.78. The molecule has 5 N–H and O–H groups in total. The molecule has 4 rings (SSSR count). The van der Waals surface area contributed by atoms with Gasteiger partial charge in [0, 0.05) is 12.5 Å². The summed E-state index contributed by atoms with van der Waals surface area (Å²) in [5.41, 5.74) is -0.347. The van der Waals surface area contributed by atoms with E-state index in [1.54, 1.807) is 19.9 Å². The van der Waals surface area contributed by atoms with Crippen LogP contribution in [0.4, 0.5) is 0 Å². The largest absolute Gasteiger partial charge is 0.481 e. The average molecular weight is 620 g/mol. The minimum Gasteiger partial charge on any atom is -0.404 e. The molecule has 14 heteroatoms. The Balaban J connectivity index is 1.80. The Kier molecular flexibility index (Phi) is 11.0. The highest BCUT2D eigenvalue weighted by Crippen LogP contribution is 2.65. The van der Waals surface area contributed by atoms with Gasteiger partial charge in [0.1, 0.15) is 18.2 Å². The number of rotatable bonds is 13. The molecule has 0 radical (unpaired) electrons. The summed E-state index contributed by atoms with van der Waals surface area (Å²) in [5, 5.41) is 29.6. The molecular weight excluding hydrogens is 573 g/mol. The van der Waals surface area contributed by atoms with Crippen LogP contribution in [0.2, 0.25) is 0 Å². The van der Waals surface area contributed by atoms with Gasteiger partial charge in [0.15, 0.2) is 4.86 Å². The lowest BCUT2D eigenvalue weighted by Gasteiger charge is -2.64. The number of carbonyl (C=O) groups is 4. The van der Waals surface area contributed by atoms with Crippen molar-refractivity contribution in [2.75, 3.05) is 6.54 Å². The van der Waals surface area contributed by atoms with Crippen LogP contribution < -0.4 is 21.3 Å². The van der Waals surface area contributed by atoms with Gasteiger partial charge in [-0.05, 0) is 56.3 Å². The van der Waals surface area contributed by atoms with Crippen LogP contribution in [0, 0.1) is 40.4 Å². The number of nitrogens with zero attached hydrogens (tertiary/aromatic N) is 1. The minimum absolute atomic E-state index is 0.0982. The van der Waals surface area contributed by atoms with Crippen LogP contribution in [-0.4, -0.2) is 83.1 Å². The number of carbonyl (C=O) groups excluding carboxylic acids is 4. The van der Waals surface area contributed by atoms with Gasteiger partial charge in [0.05, 0.1) is 23.8 Å². The van der Waals surface area contributed by atoms with Gasteiger partial charge < -0.3 is 35.7 Å². The first-order chi connectivity index (χ1) is 19.9. The standard InChI is InChI=1S/C29H46BN5O7S/c1-14(2)9-22(30-41-21-11-17-10-20(28(17,6)7)29(21,8)42-30)34-25(38)18(13-32-26(39)19(43)12-31)33-27(40)23(16(5)36)35-24(37)15(3)4/h14-18,20-23,36H,9-11,13H2,1-8H3,(H,32,39)(H,33,40)(H,34,38)(H,35,37)/t16-,17+,18+,20+,21-,22+,23+,29+/m1/s1. The molecule has 1 aliphatic heterocycles. The number of nitriles is 1. The highest BCUT2D eigenvalue weighted by molar-refractivity contribution is 7.82. The summed E-state index contributed by atoms with van der Waals surface area (Å²) in [6.45, 7) is 14.9. The predicted octanol–water partition coefficient (Wildman–Crippen LogP) is 0.801. The normalized spacial score (nSPS) is 28.0. The van der Waals surface area contributed by atoms with Crippen molar-refractivity contribution in [2.24, 2.45) is 29.1 Å². The first-order valence-electron chi connectivity index (χ1n) is 15.1. The predicted molar refractivity (Wildman–Crippen MR) is 163 cm³/mol. The highest BCUT2D eigenvalue weighted by atomic mass is 32.1. The van der Waals surface area contributed by atoms with Gasteiger partial charge in [-0.1, -0.05) is 53.8 Å². The van der Waals surface area contributed by atoms with E-state index in [1.165, 1.54) is 6.92 Å². The molecule has 43 heavy (non-hydrogen) atoms. The summed E-state index contributed by atoms with van der Waals surface area (Å²) in [6, 6.07) is -1.12. The van der Waals surface area contributed by atoms with Crippen molar-refractivity contribution < 1.29 is 33.6 Å². The lowest BCUT2D eigenvalue weighted by atomic mass is 9.43. The van der Waals surface area contributed by atoms with Crippen LogP contribution in [0.1, 0.15) is 74.7 Å². The molecule has 2 bridgehead atoms. The molecule has 0 aromatic carbocycles. The average Bonchev–Trinajstić information content (AvgIpc) is 3.29. The van der Waals surface area contributed by atoms with E-state index in [4.69, 9.17) is 26.8 Å². The zero-order chi connectivity index (χ0) is 32.4. The van der Waals surface area contributed by atoms with E-state index in [0.29, 0.717) is 18.3 Å². The van der Waals surface area contributed by atoms with Crippen molar-refractivity contribution in [3.63, 3.8) is 0 Å². The monoisotopic (exact) mass is 619 g/mol. The Labute approximate surface area is 259 Å². The van der Waals surface area contributed by atoms with Crippen molar-refractivity contribution in [3.05, 3.63) is 0 Å². The highest BCUT2D eigenvalue weighted by Gasteiger charge is 2.68. The van der Waals surface area contributed by atoms with Crippen LogP contribution in [-0.2, 0) is 28.5 Å². The van der Waals surface area contributed by atoms with E-state index in [0.717, 1.165) is 12.8 Å². The third kappa shape index (κ3) is 7.56. The summed E-state index contributed by atoms with van der Waals surface area (Å²) in [4.78, 5) is 51.0. The topological polar surface area (TPSA) is 179 Å². The number of amides is 4. The van der Waals surface area contributed by atoms with Crippen LogP contribution in [0.25, 0.3) is 0 Å². The Hall–Kier alpha value is -2.60. The third-order valence-corrected chi connectivity index (χ3v) is 9.62. The number of nitrogens with one attached hydrogen (secondary N) is 4. The van der Waals surface area contributed by atoms with Crippen molar-refractivity contribution in [2.45, 2.75) is 110 Å². The number of hydrogen-bond acceptors (Lipinski definition) is 9. The van der Waals surface area contributed by atoms with E-state index < -0.39 is 77.8 Å². The fourth-order valence-corrected chi connectivity index (χ4v) is 6.69. The Morgan fingerprint density at radius 2 is 1.67 bits per heavy atom. The molecule has 12 nitrogen and oxygen atoms in total. The van der Waals surface area contributed by atoms with Crippen molar-refractivity contribution >= 4 is 47.8 Å². The minimum atomic E-state index is -1.35. The van der Waals surface area contributed by atoms with E-state index >= 15 is 0 Å². The molecule has 238 valence electrons. The van der Waals surface area contributed by atoms with Gasteiger partial charge in [-0.3, -0.25) is 19.2 Å². The van der Waals surface area contributed by atoms with Crippen LogP contribution in [0.3, 0.4) is 0 Å². The fraction of sp³-hybridized carbons (Fsp3) is 0.793. The molecule has 3 saturated carbocycles. The second-order valence-electron chi connectivity index (χ2n) is 13.7. The molecule has 0 aromatic rings. The number of aliphatic hydroxyl groups is 1. The maximum atomic E-state index is 13.7. The fourth-order valence-electron chi connectivity index (χ4n) is 6.62. The molecule has 0 aromatic heterocycles. The number of aliphatic hydroxyl groups excluding tert-OH is 1. The second kappa shape index (κ2) is 13.6. The Morgan fingerprint density at radius 1 is 1.02 bits per heavy atom. The number of hydrogen-bond donors (Lipinski definition) is 5. The smallest absolute Gasteiger partial charge is 0.404 e. The molecular formula is C29H46BN5O7S. The van der Waals surface area contributed by atoms with Gasteiger partial charge in [-0.25, -0.2) is 0 Å². The van der Waals surface area contributed by atoms with Crippen molar-refractivity contribution in [1.29, 1.82) is 5.26 Å². The molecule has 4 amide bonds.